The molecular formula is C19H33N5O. The molecular weight excluding hydrogens is 314 g/mol. The molecule has 25 heavy (non-hydrogen) atoms. The molecule has 0 unspecified atom stereocenters. The summed E-state index contributed by atoms with van der Waals surface area (Å²) in [5.74, 6) is 0.445. The van der Waals surface area contributed by atoms with Gasteiger partial charge in [0.1, 0.15) is 5.52 Å². The number of anilines is 1. The Morgan fingerprint density at radius 3 is 2.44 bits per heavy atom. The van der Waals surface area contributed by atoms with Crippen molar-refractivity contribution < 1.29 is 5.11 Å². The first-order valence-electron chi connectivity index (χ1n) is 9.01. The molecule has 0 aliphatic rings. The SMILES string of the molecule is CN(CCCCc1cnc(N)c2ncn(CC(C)(C)O)c12)C(C)(C)C. The average Bonchev–Trinajstić information content (AvgIpc) is 2.87. The third-order valence-corrected chi connectivity index (χ3v) is 4.64. The van der Waals surface area contributed by atoms with Crippen LogP contribution in [-0.4, -0.2) is 49.3 Å². The highest BCUT2D eigenvalue weighted by atomic mass is 16.3. The van der Waals surface area contributed by atoms with Crippen LogP contribution in [0.5, 0.6) is 0 Å². The first-order valence-corrected chi connectivity index (χ1v) is 9.01. The Morgan fingerprint density at radius 2 is 1.84 bits per heavy atom. The molecule has 0 saturated heterocycles. The van der Waals surface area contributed by atoms with E-state index in [0.29, 0.717) is 12.4 Å². The molecule has 2 rings (SSSR count). The minimum Gasteiger partial charge on any atom is -0.389 e. The molecule has 2 aromatic heterocycles. The largest absolute Gasteiger partial charge is 0.389 e. The summed E-state index contributed by atoms with van der Waals surface area (Å²) in [5, 5.41) is 10.2. The van der Waals surface area contributed by atoms with Crippen molar-refractivity contribution in [2.75, 3.05) is 19.3 Å². The topological polar surface area (TPSA) is 80.2 Å². The van der Waals surface area contributed by atoms with Gasteiger partial charge in [0.2, 0.25) is 0 Å². The van der Waals surface area contributed by atoms with E-state index in [0.717, 1.165) is 42.4 Å². The van der Waals surface area contributed by atoms with Gasteiger partial charge < -0.3 is 20.3 Å². The van der Waals surface area contributed by atoms with Crippen molar-refractivity contribution >= 4 is 16.9 Å². The summed E-state index contributed by atoms with van der Waals surface area (Å²) >= 11 is 0. The molecule has 0 aliphatic heterocycles. The number of nitrogen functional groups attached to an aromatic ring is 1. The van der Waals surface area contributed by atoms with Crippen molar-refractivity contribution in [1.29, 1.82) is 0 Å². The fraction of sp³-hybridized carbons (Fsp3) is 0.684. The number of aliphatic hydroxyl groups is 1. The summed E-state index contributed by atoms with van der Waals surface area (Å²) in [6.07, 6.45) is 6.73. The Balaban J connectivity index is 2.13. The second-order valence-electron chi connectivity index (χ2n) is 8.60. The molecule has 0 atom stereocenters. The monoisotopic (exact) mass is 347 g/mol. The van der Waals surface area contributed by atoms with Crippen LogP contribution < -0.4 is 5.73 Å². The summed E-state index contributed by atoms with van der Waals surface area (Å²) in [6, 6.07) is 0. The predicted molar refractivity (Wildman–Crippen MR) is 104 cm³/mol. The van der Waals surface area contributed by atoms with E-state index >= 15 is 0 Å². The van der Waals surface area contributed by atoms with Gasteiger partial charge in [-0.2, -0.15) is 0 Å². The second kappa shape index (κ2) is 7.30. The van der Waals surface area contributed by atoms with Crippen LogP contribution in [0, 0.1) is 0 Å². The lowest BCUT2D eigenvalue weighted by molar-refractivity contribution is 0.0626. The molecule has 2 heterocycles. The van der Waals surface area contributed by atoms with Crippen LogP contribution in [0.25, 0.3) is 11.0 Å². The van der Waals surface area contributed by atoms with Crippen LogP contribution in [0.4, 0.5) is 5.82 Å². The Bertz CT molecular complexity index is 709. The molecule has 6 heteroatoms. The number of pyridine rings is 1. The smallest absolute Gasteiger partial charge is 0.151 e. The van der Waals surface area contributed by atoms with Crippen LogP contribution in [0.15, 0.2) is 12.5 Å². The zero-order chi connectivity index (χ0) is 18.8. The Labute approximate surface area is 151 Å². The molecule has 0 spiro atoms. The molecule has 0 aliphatic carbocycles. The van der Waals surface area contributed by atoms with Gasteiger partial charge in [0, 0.05) is 11.7 Å². The first-order chi connectivity index (χ1) is 11.5. The summed E-state index contributed by atoms with van der Waals surface area (Å²) in [5.41, 5.74) is 8.25. The maximum atomic E-state index is 10.2. The van der Waals surface area contributed by atoms with Crippen molar-refractivity contribution in [1.82, 2.24) is 19.4 Å². The lowest BCUT2D eigenvalue weighted by Gasteiger charge is -2.31. The van der Waals surface area contributed by atoms with E-state index in [1.165, 1.54) is 0 Å². The summed E-state index contributed by atoms with van der Waals surface area (Å²) in [7, 11) is 2.17. The standard InChI is InChI=1S/C19H33N5O/c1-18(2,3)23(6)10-8-7-9-14-11-21-17(20)15-16(14)24(13-22-15)12-19(4,5)25/h11,13,25H,7-10,12H2,1-6H3,(H2,20,21). The van der Waals surface area contributed by atoms with Crippen molar-refractivity contribution in [3.05, 3.63) is 18.1 Å². The van der Waals surface area contributed by atoms with Crippen LogP contribution in [0.3, 0.4) is 0 Å². The number of nitrogens with two attached hydrogens (primary N) is 1. The quantitative estimate of drug-likeness (QED) is 0.753. The van der Waals surface area contributed by atoms with Crippen molar-refractivity contribution in [3.8, 4) is 0 Å². The third-order valence-electron chi connectivity index (χ3n) is 4.64. The van der Waals surface area contributed by atoms with Gasteiger partial charge in [-0.1, -0.05) is 0 Å². The highest BCUT2D eigenvalue weighted by molar-refractivity contribution is 5.87. The molecule has 0 saturated carbocycles. The number of fused-ring (bicyclic) bond motifs is 1. The molecule has 6 nitrogen and oxygen atoms in total. The van der Waals surface area contributed by atoms with Gasteiger partial charge in [-0.3, -0.25) is 0 Å². The normalized spacial score (nSPS) is 13.1. The Morgan fingerprint density at radius 1 is 1.16 bits per heavy atom. The van der Waals surface area contributed by atoms with E-state index in [-0.39, 0.29) is 5.54 Å². The Kier molecular flexibility index (Phi) is 5.74. The molecule has 0 aromatic carbocycles. The number of imidazole rings is 1. The zero-order valence-electron chi connectivity index (χ0n) is 16.5. The Hall–Kier alpha value is -1.66. The zero-order valence-corrected chi connectivity index (χ0v) is 16.5. The van der Waals surface area contributed by atoms with Gasteiger partial charge in [-0.05, 0) is 73.0 Å². The number of hydrogen-bond acceptors (Lipinski definition) is 5. The van der Waals surface area contributed by atoms with Crippen molar-refractivity contribution in [2.45, 2.75) is 71.6 Å². The minimum atomic E-state index is -0.807. The van der Waals surface area contributed by atoms with Gasteiger partial charge in [0.05, 0.1) is 24.0 Å². The van der Waals surface area contributed by atoms with E-state index in [2.05, 4.69) is 42.7 Å². The molecule has 0 amide bonds. The minimum absolute atomic E-state index is 0.196. The third kappa shape index (κ3) is 5.16. The van der Waals surface area contributed by atoms with E-state index in [4.69, 9.17) is 5.73 Å². The highest BCUT2D eigenvalue weighted by Crippen LogP contribution is 2.24. The molecule has 2 aromatic rings. The van der Waals surface area contributed by atoms with Gasteiger partial charge in [-0.25, -0.2) is 9.97 Å². The summed E-state index contributed by atoms with van der Waals surface area (Å²) in [4.78, 5) is 11.1. The number of aromatic nitrogens is 3. The number of nitrogens with zero attached hydrogens (tertiary/aromatic N) is 4. The van der Waals surface area contributed by atoms with Crippen LogP contribution in [-0.2, 0) is 13.0 Å². The fourth-order valence-electron chi connectivity index (χ4n) is 2.90. The van der Waals surface area contributed by atoms with Gasteiger partial charge in [0.15, 0.2) is 5.82 Å². The number of unbranched alkanes of at least 4 members (excludes halogenated alkanes) is 1. The van der Waals surface area contributed by atoms with E-state index < -0.39 is 5.60 Å². The van der Waals surface area contributed by atoms with E-state index in [1.54, 1.807) is 20.2 Å². The maximum absolute atomic E-state index is 10.2. The predicted octanol–water partition coefficient (Wildman–Crippen LogP) is 2.84. The van der Waals surface area contributed by atoms with Gasteiger partial charge >= 0.3 is 0 Å². The van der Waals surface area contributed by atoms with E-state index in [1.807, 2.05) is 10.8 Å². The maximum Gasteiger partial charge on any atom is 0.151 e. The van der Waals surface area contributed by atoms with Gasteiger partial charge in [-0.15, -0.1) is 0 Å². The van der Waals surface area contributed by atoms with E-state index in [9.17, 15) is 5.11 Å². The summed E-state index contributed by atoms with van der Waals surface area (Å²) in [6.45, 7) is 11.8. The molecule has 3 N–H and O–H groups in total. The second-order valence-corrected chi connectivity index (χ2v) is 8.60. The van der Waals surface area contributed by atoms with Crippen LogP contribution >= 0.6 is 0 Å². The lowest BCUT2D eigenvalue weighted by atomic mass is 10.0. The van der Waals surface area contributed by atoms with Crippen molar-refractivity contribution in [2.24, 2.45) is 0 Å². The molecule has 0 bridgehead atoms. The highest BCUT2D eigenvalue weighted by Gasteiger charge is 2.19. The van der Waals surface area contributed by atoms with Gasteiger partial charge in [0.25, 0.3) is 0 Å². The molecule has 0 radical (unpaired) electrons. The van der Waals surface area contributed by atoms with Crippen LogP contribution in [0.2, 0.25) is 0 Å². The number of aryl methyl sites for hydroxylation is 1. The lowest BCUT2D eigenvalue weighted by Crippen LogP contribution is -2.38. The average molecular weight is 348 g/mol. The number of rotatable bonds is 7. The molecule has 0 fully saturated rings. The van der Waals surface area contributed by atoms with Crippen LogP contribution in [0.1, 0.15) is 53.0 Å². The fourth-order valence-corrected chi connectivity index (χ4v) is 2.90. The first kappa shape index (κ1) is 19.7. The molecule has 140 valence electrons. The summed E-state index contributed by atoms with van der Waals surface area (Å²) < 4.78 is 1.99. The van der Waals surface area contributed by atoms with Crippen molar-refractivity contribution in [3.63, 3.8) is 0 Å². The number of hydrogen-bond donors (Lipinski definition) is 2.